The van der Waals surface area contributed by atoms with E-state index in [1.54, 1.807) is 0 Å². The number of hydrogen-bond acceptors (Lipinski definition) is 9. The second-order valence-corrected chi connectivity index (χ2v) is 6.54. The van der Waals surface area contributed by atoms with Crippen molar-refractivity contribution in [1.29, 1.82) is 0 Å². The van der Waals surface area contributed by atoms with Crippen LogP contribution < -0.4 is 0 Å². The molecular formula is C9H20O9Si. The van der Waals surface area contributed by atoms with Crippen LogP contribution in [0.5, 0.6) is 0 Å². The minimum Gasteiger partial charge on any atom is -0.394 e. The van der Waals surface area contributed by atoms with Crippen molar-refractivity contribution in [3.05, 3.63) is 0 Å². The van der Waals surface area contributed by atoms with E-state index >= 15 is 0 Å². The van der Waals surface area contributed by atoms with Crippen molar-refractivity contribution < 1.29 is 43.6 Å². The van der Waals surface area contributed by atoms with Crippen LogP contribution in [-0.2, 0) is 18.1 Å². The molecule has 0 spiro atoms. The molecule has 0 saturated carbocycles. The Morgan fingerprint density at radius 1 is 1.00 bits per heavy atom. The third-order valence-electron chi connectivity index (χ3n) is 2.63. The van der Waals surface area contributed by atoms with Gasteiger partial charge < -0.3 is 38.8 Å². The molecule has 4 atom stereocenters. The number of aliphatic hydroxyl groups excluding tert-OH is 5. The predicted octanol–water partition coefficient (Wildman–Crippen LogP) is -3.59. The fraction of sp³-hybridized carbons (Fsp3) is 0.889. The number of rotatable bonds is 9. The highest BCUT2D eigenvalue weighted by Crippen LogP contribution is 2.14. The van der Waals surface area contributed by atoms with Gasteiger partial charge in [0.2, 0.25) is 5.41 Å². The van der Waals surface area contributed by atoms with Crippen LogP contribution in [0.15, 0.2) is 0 Å². The maximum absolute atomic E-state index is 11.9. The Morgan fingerprint density at radius 3 is 1.74 bits per heavy atom. The highest BCUT2D eigenvalue weighted by atomic mass is 28.4. The number of carbonyl (C=O) groups is 1. The molecule has 0 amide bonds. The average Bonchev–Trinajstić information content (AvgIpc) is 2.46. The Balaban J connectivity index is 4.98. The highest BCUT2D eigenvalue weighted by Gasteiger charge is 2.53. The standard InChI is InChI=1S/C9H20O9Si/c1-16-19(17-2,18-3)9(15)8(14)7(13)6(12)5(11)4-10/h5-8,10-14H,4H2,1-3H3/t5-,6-,7+,8-/m1/s1. The lowest BCUT2D eigenvalue weighted by Gasteiger charge is -2.29. The third kappa shape index (κ3) is 4.01. The maximum Gasteiger partial charge on any atom is 0.576 e. The summed E-state index contributed by atoms with van der Waals surface area (Å²) < 4.78 is 14.4. The van der Waals surface area contributed by atoms with Crippen molar-refractivity contribution in [3.8, 4) is 0 Å². The Morgan fingerprint density at radius 2 is 1.42 bits per heavy atom. The molecule has 0 aliphatic rings. The normalized spacial score (nSPS) is 18.7. The Bertz CT molecular complexity index is 275. The molecule has 0 aromatic heterocycles. The van der Waals surface area contributed by atoms with Crippen molar-refractivity contribution in [2.75, 3.05) is 27.9 Å². The van der Waals surface area contributed by atoms with Gasteiger partial charge in [-0.1, -0.05) is 0 Å². The summed E-state index contributed by atoms with van der Waals surface area (Å²) in [6.07, 6.45) is -7.74. The molecule has 5 N–H and O–H groups in total. The number of carbonyl (C=O) groups excluding carboxylic acids is 1. The fourth-order valence-corrected chi connectivity index (χ4v) is 3.05. The summed E-state index contributed by atoms with van der Waals surface area (Å²) in [7, 11) is -0.439. The highest BCUT2D eigenvalue weighted by molar-refractivity contribution is 6.93. The van der Waals surface area contributed by atoms with Gasteiger partial charge >= 0.3 is 8.80 Å². The van der Waals surface area contributed by atoms with Crippen LogP contribution >= 0.6 is 0 Å². The fourth-order valence-electron chi connectivity index (χ4n) is 1.41. The van der Waals surface area contributed by atoms with Gasteiger partial charge in [-0.15, -0.1) is 0 Å². The van der Waals surface area contributed by atoms with E-state index in [2.05, 4.69) is 0 Å². The van der Waals surface area contributed by atoms with Crippen molar-refractivity contribution in [1.82, 2.24) is 0 Å². The molecule has 0 saturated heterocycles. The first-order valence-corrected chi connectivity index (χ1v) is 7.06. The van der Waals surface area contributed by atoms with Gasteiger partial charge in [-0.25, -0.2) is 0 Å². The second-order valence-electron chi connectivity index (χ2n) is 3.71. The lowest BCUT2D eigenvalue weighted by molar-refractivity contribution is -0.145. The molecule has 0 rings (SSSR count). The van der Waals surface area contributed by atoms with E-state index in [4.69, 9.17) is 23.5 Å². The predicted molar refractivity (Wildman–Crippen MR) is 62.9 cm³/mol. The summed E-state index contributed by atoms with van der Waals surface area (Å²) in [5, 5.41) is 45.3. The lowest BCUT2D eigenvalue weighted by atomic mass is 10.0. The SMILES string of the molecule is CO[Si](OC)(OC)C(=O)[C@H](O)[C@@H](O)[C@H](O)[C@H](O)CO. The molecule has 10 heteroatoms. The summed E-state index contributed by atoms with van der Waals surface area (Å²) in [4.78, 5) is 11.9. The van der Waals surface area contributed by atoms with Gasteiger partial charge in [-0.3, -0.25) is 4.79 Å². The molecule has 114 valence electrons. The zero-order chi connectivity index (χ0) is 15.2. The first-order valence-electron chi connectivity index (χ1n) is 5.34. The summed E-state index contributed by atoms with van der Waals surface area (Å²) in [5.41, 5.74) is 0. The van der Waals surface area contributed by atoms with Gasteiger partial charge in [0.15, 0.2) is 0 Å². The molecule has 0 fully saturated rings. The molecule has 0 aliphatic carbocycles. The van der Waals surface area contributed by atoms with Crippen LogP contribution in [0.4, 0.5) is 0 Å². The molecule has 0 aromatic carbocycles. The number of aliphatic hydroxyl groups is 5. The molecular weight excluding hydrogens is 280 g/mol. The molecule has 0 aliphatic heterocycles. The molecule has 0 bridgehead atoms. The minimum absolute atomic E-state index is 0.847. The smallest absolute Gasteiger partial charge is 0.394 e. The number of hydrogen-bond donors (Lipinski definition) is 5. The van der Waals surface area contributed by atoms with Gasteiger partial charge in [-0.05, 0) is 0 Å². The van der Waals surface area contributed by atoms with Crippen molar-refractivity contribution >= 4 is 14.2 Å². The van der Waals surface area contributed by atoms with E-state index in [1.807, 2.05) is 0 Å². The van der Waals surface area contributed by atoms with Gasteiger partial charge in [0.25, 0.3) is 0 Å². The molecule has 0 unspecified atom stereocenters. The largest absolute Gasteiger partial charge is 0.576 e. The molecule has 9 nitrogen and oxygen atoms in total. The molecule has 0 aromatic rings. The van der Waals surface area contributed by atoms with E-state index < -0.39 is 45.2 Å². The van der Waals surface area contributed by atoms with Crippen molar-refractivity contribution in [2.45, 2.75) is 24.4 Å². The topological polar surface area (TPSA) is 146 Å². The van der Waals surface area contributed by atoms with Gasteiger partial charge in [-0.2, -0.15) is 0 Å². The second kappa shape index (κ2) is 7.99. The van der Waals surface area contributed by atoms with E-state index in [1.165, 1.54) is 0 Å². The van der Waals surface area contributed by atoms with Crippen molar-refractivity contribution in [2.24, 2.45) is 0 Å². The minimum atomic E-state index is -3.84. The summed E-state index contributed by atoms with van der Waals surface area (Å²) >= 11 is 0. The van der Waals surface area contributed by atoms with Gasteiger partial charge in [0.05, 0.1) is 6.61 Å². The van der Waals surface area contributed by atoms with E-state index in [0.717, 1.165) is 21.3 Å². The van der Waals surface area contributed by atoms with Gasteiger partial charge in [0, 0.05) is 21.3 Å². The van der Waals surface area contributed by atoms with E-state index in [0.29, 0.717) is 0 Å². The molecule has 19 heavy (non-hydrogen) atoms. The van der Waals surface area contributed by atoms with Crippen molar-refractivity contribution in [3.63, 3.8) is 0 Å². The molecule has 0 heterocycles. The quantitative estimate of drug-likeness (QED) is 0.273. The average molecular weight is 300 g/mol. The first kappa shape index (κ1) is 18.6. The Labute approximate surface area is 111 Å². The van der Waals surface area contributed by atoms with Crippen LogP contribution in [0, 0.1) is 0 Å². The van der Waals surface area contributed by atoms with E-state index in [-0.39, 0.29) is 0 Å². The Hall–Kier alpha value is -0.433. The lowest BCUT2D eigenvalue weighted by Crippen LogP contribution is -2.60. The summed E-state index contributed by atoms with van der Waals surface area (Å²) in [5.74, 6) is 0. The van der Waals surface area contributed by atoms with Gasteiger partial charge in [0.1, 0.15) is 24.4 Å². The summed E-state index contributed by atoms with van der Waals surface area (Å²) in [6, 6.07) is 0. The van der Waals surface area contributed by atoms with Crippen LogP contribution in [0.1, 0.15) is 0 Å². The zero-order valence-corrected chi connectivity index (χ0v) is 11.9. The van der Waals surface area contributed by atoms with E-state index in [9.17, 15) is 20.1 Å². The third-order valence-corrected chi connectivity index (χ3v) is 5.14. The van der Waals surface area contributed by atoms with Crippen LogP contribution in [0.25, 0.3) is 0 Å². The zero-order valence-electron chi connectivity index (χ0n) is 10.9. The first-order chi connectivity index (χ1) is 8.81. The Kier molecular flexibility index (Phi) is 7.81. The van der Waals surface area contributed by atoms with Crippen LogP contribution in [0.3, 0.4) is 0 Å². The summed E-state index contributed by atoms with van der Waals surface area (Å²) in [6.45, 7) is -0.847. The monoisotopic (exact) mass is 300 g/mol. The molecule has 0 radical (unpaired) electrons. The van der Waals surface area contributed by atoms with Crippen LogP contribution in [0.2, 0.25) is 0 Å². The maximum atomic E-state index is 11.9. The van der Waals surface area contributed by atoms with Crippen LogP contribution in [-0.4, -0.2) is 92.1 Å².